The van der Waals surface area contributed by atoms with Crippen molar-refractivity contribution in [1.82, 2.24) is 10.4 Å². The second-order valence-corrected chi connectivity index (χ2v) is 4.47. The second kappa shape index (κ2) is 6.77. The highest BCUT2D eigenvalue weighted by Crippen LogP contribution is 2.21. The third-order valence-electron chi connectivity index (χ3n) is 3.01. The van der Waals surface area contributed by atoms with Gasteiger partial charge >= 0.3 is 0 Å². The third-order valence-corrected chi connectivity index (χ3v) is 3.01. The summed E-state index contributed by atoms with van der Waals surface area (Å²) < 4.78 is 13.4. The van der Waals surface area contributed by atoms with Gasteiger partial charge < -0.3 is 10.2 Å². The number of hydrogen-bond donors (Lipinski definition) is 3. The van der Waals surface area contributed by atoms with E-state index in [0.717, 1.165) is 0 Å². The van der Waals surface area contributed by atoms with E-state index in [4.69, 9.17) is 0 Å². The van der Waals surface area contributed by atoms with E-state index in [1.54, 1.807) is 6.92 Å². The second-order valence-electron chi connectivity index (χ2n) is 4.47. The molecule has 1 heterocycles. The molecule has 1 amide bonds. The van der Waals surface area contributed by atoms with Gasteiger partial charge in [-0.2, -0.15) is 5.10 Å². The van der Waals surface area contributed by atoms with Crippen LogP contribution in [0.3, 0.4) is 0 Å². The van der Waals surface area contributed by atoms with Gasteiger partial charge in [0.2, 0.25) is 0 Å². The molecule has 2 aromatic rings. The number of hydrazone groups is 1. The fraction of sp³-hybridized carbons (Fsp3) is 0.133. The van der Waals surface area contributed by atoms with Crippen LogP contribution in [-0.4, -0.2) is 27.3 Å². The number of hydrogen-bond acceptors (Lipinski definition) is 5. The number of amides is 1. The molecule has 0 aliphatic carbocycles. The lowest BCUT2D eigenvalue weighted by atomic mass is 10.1. The van der Waals surface area contributed by atoms with Gasteiger partial charge in [-0.25, -0.2) is 9.82 Å². The lowest BCUT2D eigenvalue weighted by molar-refractivity contribution is 0.0951. The number of carbonyl (C=O) groups excluding carboxylic acids is 1. The number of aliphatic hydroxyl groups is 1. The number of nitrogens with zero attached hydrogens (tertiary/aromatic N) is 2. The summed E-state index contributed by atoms with van der Waals surface area (Å²) in [6.45, 7) is 1.25. The molecule has 2 rings (SSSR count). The average Bonchev–Trinajstić information content (AvgIpc) is 2.52. The lowest BCUT2D eigenvalue weighted by Gasteiger charge is -2.07. The monoisotopic (exact) mass is 303 g/mol. The standard InChI is InChI=1S/C15H14FN3O3/c1-9-14(21)12(10(8-20)6-17-9)7-18-19-15(22)11-4-2-3-5-13(11)16/h2-7,20-21H,8H2,1H3,(H,19,22). The molecule has 0 spiro atoms. The maximum absolute atomic E-state index is 13.4. The van der Waals surface area contributed by atoms with Crippen LogP contribution in [-0.2, 0) is 6.61 Å². The van der Waals surface area contributed by atoms with Crippen LogP contribution < -0.4 is 5.43 Å². The van der Waals surface area contributed by atoms with Gasteiger partial charge in [0.05, 0.1) is 24.1 Å². The zero-order valence-corrected chi connectivity index (χ0v) is 11.7. The van der Waals surface area contributed by atoms with Gasteiger partial charge in [-0.15, -0.1) is 0 Å². The molecule has 0 radical (unpaired) electrons. The first-order chi connectivity index (χ1) is 10.5. The summed E-state index contributed by atoms with van der Waals surface area (Å²) in [5.74, 6) is -1.52. The number of aryl methyl sites for hydroxylation is 1. The van der Waals surface area contributed by atoms with E-state index < -0.39 is 11.7 Å². The Morgan fingerprint density at radius 3 is 2.86 bits per heavy atom. The van der Waals surface area contributed by atoms with Crippen LogP contribution in [0.25, 0.3) is 0 Å². The largest absolute Gasteiger partial charge is 0.505 e. The van der Waals surface area contributed by atoms with E-state index in [1.165, 1.54) is 36.7 Å². The Bertz CT molecular complexity index is 732. The summed E-state index contributed by atoms with van der Waals surface area (Å²) in [5.41, 5.74) is 2.98. The van der Waals surface area contributed by atoms with Gasteiger partial charge in [-0.1, -0.05) is 12.1 Å². The van der Waals surface area contributed by atoms with Crippen LogP contribution in [0, 0.1) is 12.7 Å². The number of aromatic hydroxyl groups is 1. The summed E-state index contributed by atoms with van der Waals surface area (Å²) in [5, 5.41) is 22.8. The van der Waals surface area contributed by atoms with Crippen molar-refractivity contribution in [2.45, 2.75) is 13.5 Å². The molecule has 0 aliphatic rings. The van der Waals surface area contributed by atoms with Gasteiger partial charge in [0.15, 0.2) is 0 Å². The highest BCUT2D eigenvalue weighted by Gasteiger charge is 2.11. The highest BCUT2D eigenvalue weighted by molar-refractivity contribution is 5.95. The van der Waals surface area contributed by atoms with Crippen molar-refractivity contribution in [3.05, 3.63) is 58.7 Å². The van der Waals surface area contributed by atoms with Crippen LogP contribution >= 0.6 is 0 Å². The molecule has 1 aromatic carbocycles. The van der Waals surface area contributed by atoms with E-state index in [0.29, 0.717) is 11.3 Å². The molecule has 0 unspecified atom stereocenters. The molecule has 0 aliphatic heterocycles. The van der Waals surface area contributed by atoms with Gasteiger partial charge in [0.25, 0.3) is 5.91 Å². The van der Waals surface area contributed by atoms with Crippen LogP contribution in [0.15, 0.2) is 35.6 Å². The molecule has 6 nitrogen and oxygen atoms in total. The van der Waals surface area contributed by atoms with Crippen LogP contribution in [0.5, 0.6) is 5.75 Å². The fourth-order valence-electron chi connectivity index (χ4n) is 1.78. The Morgan fingerprint density at radius 1 is 1.45 bits per heavy atom. The molecule has 114 valence electrons. The van der Waals surface area contributed by atoms with Crippen molar-refractivity contribution < 1.29 is 19.4 Å². The maximum atomic E-state index is 13.4. The number of aromatic nitrogens is 1. The molecule has 0 saturated carbocycles. The van der Waals surface area contributed by atoms with Crippen LogP contribution in [0.2, 0.25) is 0 Å². The molecule has 1 aromatic heterocycles. The van der Waals surface area contributed by atoms with Gasteiger partial charge in [-0.3, -0.25) is 9.78 Å². The molecule has 3 N–H and O–H groups in total. The van der Waals surface area contributed by atoms with Crippen molar-refractivity contribution in [3.8, 4) is 5.75 Å². The van der Waals surface area contributed by atoms with Gasteiger partial charge in [-0.05, 0) is 19.1 Å². The first-order valence-electron chi connectivity index (χ1n) is 6.40. The molecule has 0 fully saturated rings. The summed E-state index contributed by atoms with van der Waals surface area (Å²) in [4.78, 5) is 15.7. The number of aliphatic hydroxyl groups excluding tert-OH is 1. The Morgan fingerprint density at radius 2 is 2.18 bits per heavy atom. The van der Waals surface area contributed by atoms with Crippen molar-refractivity contribution in [1.29, 1.82) is 0 Å². The number of rotatable bonds is 4. The predicted octanol–water partition coefficient (Wildman–Crippen LogP) is 1.49. The molecule has 22 heavy (non-hydrogen) atoms. The fourth-order valence-corrected chi connectivity index (χ4v) is 1.78. The van der Waals surface area contributed by atoms with E-state index in [2.05, 4.69) is 15.5 Å². The lowest BCUT2D eigenvalue weighted by Crippen LogP contribution is -2.19. The maximum Gasteiger partial charge on any atom is 0.274 e. The highest BCUT2D eigenvalue weighted by atomic mass is 19.1. The predicted molar refractivity (Wildman–Crippen MR) is 78.0 cm³/mol. The minimum atomic E-state index is -0.717. The van der Waals surface area contributed by atoms with Crippen molar-refractivity contribution in [2.24, 2.45) is 5.10 Å². The molecule has 0 atom stereocenters. The summed E-state index contributed by atoms with van der Waals surface area (Å²) in [6, 6.07) is 5.50. The topological polar surface area (TPSA) is 94.8 Å². The van der Waals surface area contributed by atoms with Gasteiger partial charge in [0.1, 0.15) is 11.6 Å². The van der Waals surface area contributed by atoms with E-state index in [1.807, 2.05) is 0 Å². The zero-order chi connectivity index (χ0) is 16.1. The van der Waals surface area contributed by atoms with Crippen LogP contribution in [0.4, 0.5) is 4.39 Å². The first-order valence-corrected chi connectivity index (χ1v) is 6.40. The third kappa shape index (κ3) is 3.26. The molecule has 0 bridgehead atoms. The average molecular weight is 303 g/mol. The number of nitrogens with one attached hydrogen (secondary N) is 1. The SMILES string of the molecule is Cc1ncc(CO)c(C=NNC(=O)c2ccccc2F)c1O. The first kappa shape index (κ1) is 15.6. The van der Waals surface area contributed by atoms with Crippen molar-refractivity contribution in [3.63, 3.8) is 0 Å². The molecular weight excluding hydrogens is 289 g/mol. The number of pyridine rings is 1. The minimum absolute atomic E-state index is 0.142. The summed E-state index contributed by atoms with van der Waals surface area (Å²) >= 11 is 0. The number of carbonyl (C=O) groups is 1. The minimum Gasteiger partial charge on any atom is -0.505 e. The van der Waals surface area contributed by atoms with Crippen molar-refractivity contribution >= 4 is 12.1 Å². The Labute approximate surface area is 125 Å². The number of halogens is 1. The molecule has 7 heteroatoms. The molecule has 0 saturated heterocycles. The van der Waals surface area contributed by atoms with E-state index in [9.17, 15) is 19.4 Å². The smallest absolute Gasteiger partial charge is 0.274 e. The Hall–Kier alpha value is -2.80. The van der Waals surface area contributed by atoms with Gasteiger partial charge in [0, 0.05) is 17.3 Å². The Balaban J connectivity index is 2.19. The van der Waals surface area contributed by atoms with Crippen LogP contribution in [0.1, 0.15) is 27.2 Å². The molecular formula is C15H14FN3O3. The summed E-state index contributed by atoms with van der Waals surface area (Å²) in [6.07, 6.45) is 2.57. The Kier molecular flexibility index (Phi) is 4.80. The van der Waals surface area contributed by atoms with Crippen molar-refractivity contribution in [2.75, 3.05) is 0 Å². The number of benzene rings is 1. The normalized spacial score (nSPS) is 10.9. The van der Waals surface area contributed by atoms with E-state index >= 15 is 0 Å². The zero-order valence-electron chi connectivity index (χ0n) is 11.7. The quantitative estimate of drug-likeness (QED) is 0.589. The van der Waals surface area contributed by atoms with E-state index in [-0.39, 0.29) is 23.5 Å². The summed E-state index contributed by atoms with van der Waals surface area (Å²) in [7, 11) is 0.